The molecule has 0 unspecified atom stereocenters. The molecular formula is C24H30N4O5S. The predicted octanol–water partition coefficient (Wildman–Crippen LogP) is 1.32. The van der Waals surface area contributed by atoms with E-state index >= 15 is 0 Å². The summed E-state index contributed by atoms with van der Waals surface area (Å²) in [5.74, 6) is -0.288. The molecule has 2 saturated heterocycles. The SMILES string of the molecule is COc1ccccc1N1CCN(S(=O)(=O)CCNC(=O)[C@H]2CC(=O)N(c3ccccc3)C2)CC1. The maximum atomic E-state index is 12.8. The van der Waals surface area contributed by atoms with Gasteiger partial charge >= 0.3 is 0 Å². The van der Waals surface area contributed by atoms with Crippen LogP contribution in [-0.2, 0) is 19.6 Å². The summed E-state index contributed by atoms with van der Waals surface area (Å²) in [7, 11) is -1.89. The van der Waals surface area contributed by atoms with Crippen LogP contribution in [0, 0.1) is 5.92 Å². The van der Waals surface area contributed by atoms with E-state index < -0.39 is 15.9 Å². The molecule has 1 N–H and O–H groups in total. The van der Waals surface area contributed by atoms with Crippen LogP contribution in [0.2, 0.25) is 0 Å². The van der Waals surface area contributed by atoms with E-state index in [0.717, 1.165) is 17.1 Å². The van der Waals surface area contributed by atoms with Crippen LogP contribution >= 0.6 is 0 Å². The number of anilines is 2. The van der Waals surface area contributed by atoms with Gasteiger partial charge in [0.1, 0.15) is 5.75 Å². The Labute approximate surface area is 200 Å². The van der Waals surface area contributed by atoms with E-state index in [9.17, 15) is 18.0 Å². The zero-order chi connectivity index (χ0) is 24.1. The van der Waals surface area contributed by atoms with Gasteiger partial charge in [0.15, 0.2) is 0 Å². The van der Waals surface area contributed by atoms with E-state index in [2.05, 4.69) is 10.2 Å². The Morgan fingerprint density at radius 2 is 1.71 bits per heavy atom. The van der Waals surface area contributed by atoms with Gasteiger partial charge < -0.3 is 19.9 Å². The molecule has 1 atom stereocenters. The van der Waals surface area contributed by atoms with Crippen molar-refractivity contribution in [1.29, 1.82) is 0 Å². The highest BCUT2D eigenvalue weighted by molar-refractivity contribution is 7.89. The summed E-state index contributed by atoms with van der Waals surface area (Å²) >= 11 is 0. The summed E-state index contributed by atoms with van der Waals surface area (Å²) in [4.78, 5) is 28.6. The van der Waals surface area contributed by atoms with E-state index in [-0.39, 0.29) is 30.5 Å². The Balaban J connectivity index is 1.25. The molecule has 2 aliphatic rings. The third-order valence-electron chi connectivity index (χ3n) is 6.28. The lowest BCUT2D eigenvalue weighted by atomic mass is 10.1. The van der Waals surface area contributed by atoms with Crippen molar-refractivity contribution in [3.63, 3.8) is 0 Å². The maximum Gasteiger partial charge on any atom is 0.227 e. The molecular weight excluding hydrogens is 456 g/mol. The molecule has 0 spiro atoms. The number of ether oxygens (including phenoxy) is 1. The zero-order valence-electron chi connectivity index (χ0n) is 19.2. The van der Waals surface area contributed by atoms with Crippen LogP contribution in [0.1, 0.15) is 6.42 Å². The van der Waals surface area contributed by atoms with Crippen LogP contribution in [0.15, 0.2) is 54.6 Å². The number of methoxy groups -OCH3 is 1. The van der Waals surface area contributed by atoms with E-state index in [1.54, 1.807) is 12.0 Å². The second-order valence-corrected chi connectivity index (χ2v) is 10.5. The second kappa shape index (κ2) is 10.4. The molecule has 2 aromatic carbocycles. The third-order valence-corrected chi connectivity index (χ3v) is 8.15. The number of benzene rings is 2. The number of nitrogens with one attached hydrogen (secondary N) is 1. The monoisotopic (exact) mass is 486 g/mol. The van der Waals surface area contributed by atoms with Crippen LogP contribution in [0.3, 0.4) is 0 Å². The van der Waals surface area contributed by atoms with Crippen molar-refractivity contribution in [2.45, 2.75) is 6.42 Å². The third kappa shape index (κ3) is 5.34. The van der Waals surface area contributed by atoms with Crippen molar-refractivity contribution in [2.24, 2.45) is 5.92 Å². The van der Waals surface area contributed by atoms with E-state index in [1.165, 1.54) is 4.31 Å². The molecule has 182 valence electrons. The summed E-state index contributed by atoms with van der Waals surface area (Å²) in [6.45, 7) is 2.18. The van der Waals surface area contributed by atoms with E-state index in [0.29, 0.717) is 32.7 Å². The van der Waals surface area contributed by atoms with Crippen LogP contribution in [0.25, 0.3) is 0 Å². The Kier molecular flexibility index (Phi) is 7.38. The summed E-state index contributed by atoms with van der Waals surface area (Å²) < 4.78 is 32.5. The van der Waals surface area contributed by atoms with Crippen LogP contribution in [0.5, 0.6) is 5.75 Å². The number of amides is 2. The summed E-state index contributed by atoms with van der Waals surface area (Å²) in [6, 6.07) is 16.9. The molecule has 9 nitrogen and oxygen atoms in total. The van der Waals surface area contributed by atoms with Crippen molar-refractivity contribution in [3.05, 3.63) is 54.6 Å². The standard InChI is InChI=1S/C24H30N4O5S/c1-33-22-10-6-5-9-21(22)26-12-14-27(15-13-26)34(31,32)16-11-25-24(30)19-17-23(29)28(18-19)20-7-3-2-4-8-20/h2-10,19H,11-18H2,1H3,(H,25,30)/t19-/m0/s1. The highest BCUT2D eigenvalue weighted by atomic mass is 32.2. The first-order chi connectivity index (χ1) is 16.4. The van der Waals surface area contributed by atoms with Gasteiger partial charge in [-0.05, 0) is 24.3 Å². The number of carbonyl (C=O) groups is 2. The molecule has 0 saturated carbocycles. The quantitative estimate of drug-likeness (QED) is 0.604. The van der Waals surface area contributed by atoms with Crippen molar-refractivity contribution in [3.8, 4) is 5.75 Å². The molecule has 0 bridgehead atoms. The van der Waals surface area contributed by atoms with Gasteiger partial charge in [0.2, 0.25) is 21.8 Å². The summed E-state index contributed by atoms with van der Waals surface area (Å²) in [5.41, 5.74) is 1.71. The van der Waals surface area contributed by atoms with Crippen molar-refractivity contribution in [1.82, 2.24) is 9.62 Å². The van der Waals surface area contributed by atoms with Gasteiger partial charge in [-0.25, -0.2) is 8.42 Å². The average Bonchev–Trinajstić information content (AvgIpc) is 3.26. The highest BCUT2D eigenvalue weighted by Gasteiger charge is 2.35. The molecule has 2 amide bonds. The first kappa shape index (κ1) is 24.0. The molecule has 2 aliphatic heterocycles. The molecule has 0 radical (unpaired) electrons. The Bertz CT molecular complexity index is 1120. The second-order valence-electron chi connectivity index (χ2n) is 8.41. The molecule has 10 heteroatoms. The molecule has 2 aromatic rings. The number of piperazine rings is 1. The number of rotatable bonds is 8. The van der Waals surface area contributed by atoms with E-state index in [1.807, 2.05) is 54.6 Å². The van der Waals surface area contributed by atoms with E-state index in [4.69, 9.17) is 4.74 Å². The van der Waals surface area contributed by atoms with Gasteiger partial charge in [-0.3, -0.25) is 9.59 Å². The fraction of sp³-hybridized carbons (Fsp3) is 0.417. The lowest BCUT2D eigenvalue weighted by molar-refractivity contribution is -0.126. The Morgan fingerprint density at radius 3 is 2.41 bits per heavy atom. The van der Waals surface area contributed by atoms with Crippen LogP contribution in [-0.4, -0.2) is 76.7 Å². The molecule has 0 aromatic heterocycles. The number of para-hydroxylation sites is 3. The topological polar surface area (TPSA) is 99.3 Å². The normalized spacial score (nSPS) is 19.3. The number of hydrogen-bond donors (Lipinski definition) is 1. The fourth-order valence-electron chi connectivity index (χ4n) is 4.42. The van der Waals surface area contributed by atoms with Gasteiger partial charge in [-0.15, -0.1) is 0 Å². The molecule has 2 heterocycles. The minimum atomic E-state index is -3.51. The highest BCUT2D eigenvalue weighted by Crippen LogP contribution is 2.29. The van der Waals surface area contributed by atoms with Gasteiger partial charge in [0.25, 0.3) is 0 Å². The largest absolute Gasteiger partial charge is 0.495 e. The Morgan fingerprint density at radius 1 is 1.03 bits per heavy atom. The van der Waals surface area contributed by atoms with Gasteiger partial charge in [-0.2, -0.15) is 4.31 Å². The van der Waals surface area contributed by atoms with Crippen molar-refractivity contribution in [2.75, 3.05) is 61.9 Å². The maximum absolute atomic E-state index is 12.8. The number of sulfonamides is 1. The zero-order valence-corrected chi connectivity index (χ0v) is 20.0. The fourth-order valence-corrected chi connectivity index (χ4v) is 5.75. The molecule has 4 rings (SSSR count). The molecule has 34 heavy (non-hydrogen) atoms. The summed E-state index contributed by atoms with van der Waals surface area (Å²) in [5, 5.41) is 2.71. The van der Waals surface area contributed by atoms with Crippen molar-refractivity contribution >= 4 is 33.2 Å². The first-order valence-corrected chi connectivity index (χ1v) is 13.0. The van der Waals surface area contributed by atoms with Crippen LogP contribution in [0.4, 0.5) is 11.4 Å². The number of hydrogen-bond acceptors (Lipinski definition) is 6. The minimum absolute atomic E-state index is 0.0178. The van der Waals surface area contributed by atoms with Crippen LogP contribution < -0.4 is 19.9 Å². The number of nitrogens with zero attached hydrogens (tertiary/aromatic N) is 3. The van der Waals surface area contributed by atoms with Gasteiger partial charge in [0, 0.05) is 51.4 Å². The smallest absolute Gasteiger partial charge is 0.227 e. The van der Waals surface area contributed by atoms with Gasteiger partial charge in [-0.1, -0.05) is 30.3 Å². The first-order valence-electron chi connectivity index (χ1n) is 11.4. The predicted molar refractivity (Wildman–Crippen MR) is 130 cm³/mol. The van der Waals surface area contributed by atoms with Gasteiger partial charge in [0.05, 0.1) is 24.5 Å². The Hall–Kier alpha value is -3.11. The van der Waals surface area contributed by atoms with Crippen molar-refractivity contribution < 1.29 is 22.7 Å². The minimum Gasteiger partial charge on any atom is -0.495 e. The number of carbonyl (C=O) groups excluding carboxylic acids is 2. The summed E-state index contributed by atoms with van der Waals surface area (Å²) in [6.07, 6.45) is 0.123. The molecule has 0 aliphatic carbocycles. The lowest BCUT2D eigenvalue weighted by Gasteiger charge is -2.36. The molecule has 2 fully saturated rings. The lowest BCUT2D eigenvalue weighted by Crippen LogP contribution is -2.50. The average molecular weight is 487 g/mol.